The lowest BCUT2D eigenvalue weighted by Gasteiger charge is -2.29. The highest BCUT2D eigenvalue weighted by Crippen LogP contribution is 2.24. The number of nitrogens with one attached hydrogen (secondary N) is 1. The molecule has 0 spiro atoms. The molecule has 0 radical (unpaired) electrons. The van der Waals surface area contributed by atoms with E-state index in [9.17, 15) is 4.79 Å². The average Bonchev–Trinajstić information content (AvgIpc) is 2.78. The summed E-state index contributed by atoms with van der Waals surface area (Å²) in [4.78, 5) is 24.1. The summed E-state index contributed by atoms with van der Waals surface area (Å²) in [6.45, 7) is 6.07. The summed E-state index contributed by atoms with van der Waals surface area (Å²) in [5.41, 5.74) is 3.38. The van der Waals surface area contributed by atoms with Gasteiger partial charge in [0.05, 0.1) is 12.3 Å². The van der Waals surface area contributed by atoms with Crippen molar-refractivity contribution < 1.29 is 9.53 Å². The number of piperidine rings is 1. The Hall–Kier alpha value is -2.47. The third kappa shape index (κ3) is 4.93. The molecule has 1 saturated heterocycles. The Bertz CT molecular complexity index is 831. The van der Waals surface area contributed by atoms with E-state index >= 15 is 0 Å². The Morgan fingerprint density at radius 1 is 1.31 bits per heavy atom. The Morgan fingerprint density at radius 3 is 2.93 bits per heavy atom. The number of rotatable bonds is 6. The summed E-state index contributed by atoms with van der Waals surface area (Å²) in [6.07, 6.45) is 6.37. The molecule has 6 nitrogen and oxygen atoms in total. The average molecular weight is 395 g/mol. The molecule has 1 amide bonds. The fourth-order valence-corrected chi connectivity index (χ4v) is 4.14. The van der Waals surface area contributed by atoms with Gasteiger partial charge in [-0.1, -0.05) is 12.1 Å². The van der Waals surface area contributed by atoms with Gasteiger partial charge in [-0.05, 0) is 50.4 Å². The van der Waals surface area contributed by atoms with Crippen LogP contribution in [0.25, 0.3) is 0 Å². The second kappa shape index (κ2) is 9.35. The Kier molecular flexibility index (Phi) is 6.39. The molecule has 0 unspecified atom stereocenters. The lowest BCUT2D eigenvalue weighted by atomic mass is 9.98. The van der Waals surface area contributed by atoms with Crippen LogP contribution in [0.2, 0.25) is 0 Å². The summed E-state index contributed by atoms with van der Waals surface area (Å²) in [5, 5.41) is 3.43. The number of ether oxygens (including phenoxy) is 1. The zero-order valence-electron chi connectivity index (χ0n) is 17.2. The summed E-state index contributed by atoms with van der Waals surface area (Å²) in [7, 11) is 0. The molecule has 1 aromatic heterocycles. The smallest absolute Gasteiger partial charge is 0.223 e. The van der Waals surface area contributed by atoms with Gasteiger partial charge in [0, 0.05) is 50.2 Å². The number of benzene rings is 1. The van der Waals surface area contributed by atoms with E-state index in [2.05, 4.69) is 10.3 Å². The number of hydrogen-bond acceptors (Lipinski definition) is 5. The second-order valence-corrected chi connectivity index (χ2v) is 7.89. The van der Waals surface area contributed by atoms with Crippen LogP contribution in [0.4, 0.5) is 0 Å². The number of aryl methyl sites for hydroxylation is 1. The molecule has 4 rings (SSSR count). The first kappa shape index (κ1) is 19.8. The summed E-state index contributed by atoms with van der Waals surface area (Å²) in [5.74, 6) is 2.46. The van der Waals surface area contributed by atoms with Crippen molar-refractivity contribution in [3.05, 3.63) is 53.1 Å². The fourth-order valence-electron chi connectivity index (χ4n) is 4.14. The van der Waals surface area contributed by atoms with Crippen LogP contribution in [0.5, 0.6) is 5.75 Å². The number of carbonyl (C=O) groups is 1. The van der Waals surface area contributed by atoms with Crippen LogP contribution in [0, 0.1) is 0 Å². The molecule has 1 atom stereocenters. The van der Waals surface area contributed by atoms with E-state index in [4.69, 9.17) is 9.72 Å². The first-order valence-corrected chi connectivity index (χ1v) is 10.8. The Balaban J connectivity index is 1.32. The van der Waals surface area contributed by atoms with E-state index in [1.165, 1.54) is 6.42 Å². The maximum atomic E-state index is 12.7. The first-order valence-electron chi connectivity index (χ1n) is 10.8. The molecule has 0 saturated carbocycles. The van der Waals surface area contributed by atoms with Crippen LogP contribution < -0.4 is 10.1 Å². The van der Waals surface area contributed by atoms with Crippen molar-refractivity contribution in [1.29, 1.82) is 0 Å². The predicted octanol–water partition coefficient (Wildman–Crippen LogP) is 2.86. The Morgan fingerprint density at radius 2 is 2.17 bits per heavy atom. The molecule has 1 fully saturated rings. The number of aromatic nitrogens is 2. The van der Waals surface area contributed by atoms with Gasteiger partial charge in [0.15, 0.2) is 0 Å². The van der Waals surface area contributed by atoms with Gasteiger partial charge in [0.2, 0.25) is 5.91 Å². The quantitative estimate of drug-likeness (QED) is 0.816. The topological polar surface area (TPSA) is 67.3 Å². The van der Waals surface area contributed by atoms with E-state index in [1.807, 2.05) is 42.3 Å². The minimum absolute atomic E-state index is 0.199. The van der Waals surface area contributed by atoms with Crippen molar-refractivity contribution in [3.63, 3.8) is 0 Å². The third-order valence-electron chi connectivity index (χ3n) is 5.83. The SMILES string of the molecule is CCOc1ccc(CCC(=O)N2CCc3nc([C@H]4CCCNC4)ncc3C2)cc1. The molecule has 154 valence electrons. The number of carbonyl (C=O) groups excluding carboxylic acids is 1. The normalized spacial score (nSPS) is 18.9. The van der Waals surface area contributed by atoms with Crippen LogP contribution in [0.1, 0.15) is 54.7 Å². The molecular formula is C23H30N4O2. The van der Waals surface area contributed by atoms with Gasteiger partial charge in [0.1, 0.15) is 11.6 Å². The maximum absolute atomic E-state index is 12.7. The number of fused-ring (bicyclic) bond motifs is 1. The second-order valence-electron chi connectivity index (χ2n) is 7.89. The van der Waals surface area contributed by atoms with Crippen molar-refractivity contribution in [2.45, 2.75) is 51.5 Å². The van der Waals surface area contributed by atoms with Crippen molar-refractivity contribution in [1.82, 2.24) is 20.2 Å². The van der Waals surface area contributed by atoms with Crippen molar-refractivity contribution in [3.8, 4) is 5.75 Å². The van der Waals surface area contributed by atoms with Gasteiger partial charge in [-0.3, -0.25) is 4.79 Å². The van der Waals surface area contributed by atoms with Crippen molar-refractivity contribution >= 4 is 5.91 Å². The zero-order valence-corrected chi connectivity index (χ0v) is 17.2. The first-order chi connectivity index (χ1) is 14.2. The fraction of sp³-hybridized carbons (Fsp3) is 0.522. The predicted molar refractivity (Wildman–Crippen MR) is 112 cm³/mol. The highest BCUT2D eigenvalue weighted by molar-refractivity contribution is 5.76. The summed E-state index contributed by atoms with van der Waals surface area (Å²) < 4.78 is 5.47. The lowest BCUT2D eigenvalue weighted by molar-refractivity contribution is -0.132. The van der Waals surface area contributed by atoms with Gasteiger partial charge in [-0.15, -0.1) is 0 Å². The number of hydrogen-bond donors (Lipinski definition) is 1. The van der Waals surface area contributed by atoms with Gasteiger partial charge in [-0.2, -0.15) is 0 Å². The summed E-state index contributed by atoms with van der Waals surface area (Å²) >= 11 is 0. The standard InChI is InChI=1S/C23H30N4O2/c1-2-29-20-8-5-17(6-9-20)7-10-22(28)27-13-11-21-19(16-27)15-25-23(26-21)18-4-3-12-24-14-18/h5-6,8-9,15,18,24H,2-4,7,10-14,16H2,1H3/t18-/m0/s1. The molecule has 6 heteroatoms. The molecule has 29 heavy (non-hydrogen) atoms. The van der Waals surface area contributed by atoms with Gasteiger partial charge >= 0.3 is 0 Å². The molecule has 2 aliphatic heterocycles. The van der Waals surface area contributed by atoms with Crippen LogP contribution in [-0.4, -0.2) is 47.0 Å². The molecule has 3 heterocycles. The van der Waals surface area contributed by atoms with Gasteiger partial charge in [-0.25, -0.2) is 9.97 Å². The number of amides is 1. The van der Waals surface area contributed by atoms with E-state index in [1.54, 1.807) is 0 Å². The van der Waals surface area contributed by atoms with Gasteiger partial charge in [0.25, 0.3) is 0 Å². The Labute approximate surface area is 172 Å². The molecule has 2 aliphatic rings. The van der Waals surface area contributed by atoms with Crippen molar-refractivity contribution in [2.24, 2.45) is 0 Å². The monoisotopic (exact) mass is 394 g/mol. The lowest BCUT2D eigenvalue weighted by Crippen LogP contribution is -2.37. The number of nitrogens with zero attached hydrogens (tertiary/aromatic N) is 3. The molecule has 2 aromatic rings. The van der Waals surface area contributed by atoms with Crippen LogP contribution >= 0.6 is 0 Å². The molecular weight excluding hydrogens is 364 g/mol. The van der Waals surface area contributed by atoms with Crippen LogP contribution in [0.3, 0.4) is 0 Å². The van der Waals surface area contributed by atoms with E-state index in [-0.39, 0.29) is 5.91 Å². The van der Waals surface area contributed by atoms with Crippen LogP contribution in [-0.2, 0) is 24.2 Å². The van der Waals surface area contributed by atoms with E-state index in [0.717, 1.165) is 67.3 Å². The highest BCUT2D eigenvalue weighted by atomic mass is 16.5. The van der Waals surface area contributed by atoms with Crippen molar-refractivity contribution in [2.75, 3.05) is 26.2 Å². The molecule has 1 N–H and O–H groups in total. The minimum Gasteiger partial charge on any atom is -0.494 e. The van der Waals surface area contributed by atoms with E-state index < -0.39 is 0 Å². The largest absolute Gasteiger partial charge is 0.494 e. The third-order valence-corrected chi connectivity index (χ3v) is 5.83. The van der Waals surface area contributed by atoms with E-state index in [0.29, 0.717) is 25.5 Å². The molecule has 1 aromatic carbocycles. The molecule has 0 bridgehead atoms. The maximum Gasteiger partial charge on any atom is 0.223 e. The molecule has 0 aliphatic carbocycles. The summed E-state index contributed by atoms with van der Waals surface area (Å²) in [6, 6.07) is 8.02. The van der Waals surface area contributed by atoms with Crippen LogP contribution in [0.15, 0.2) is 30.5 Å². The zero-order chi connectivity index (χ0) is 20.1. The minimum atomic E-state index is 0.199. The highest BCUT2D eigenvalue weighted by Gasteiger charge is 2.24. The van der Waals surface area contributed by atoms with Gasteiger partial charge < -0.3 is 15.0 Å².